The van der Waals surface area contributed by atoms with E-state index in [-0.39, 0.29) is 11.9 Å². The normalized spacial score (nSPS) is 17.2. The summed E-state index contributed by atoms with van der Waals surface area (Å²) in [5.41, 5.74) is 0.899. The van der Waals surface area contributed by atoms with E-state index in [4.69, 9.17) is 18.9 Å². The van der Waals surface area contributed by atoms with Gasteiger partial charge in [0.15, 0.2) is 0 Å². The third-order valence-electron chi connectivity index (χ3n) is 3.01. The minimum absolute atomic E-state index is 0.308. The van der Waals surface area contributed by atoms with Crippen molar-refractivity contribution in [3.05, 3.63) is 24.3 Å². The van der Waals surface area contributed by atoms with E-state index in [1.807, 2.05) is 0 Å². The summed E-state index contributed by atoms with van der Waals surface area (Å²) >= 11 is 0. The van der Waals surface area contributed by atoms with Gasteiger partial charge in [-0.2, -0.15) is 0 Å². The molecule has 2 heterocycles. The van der Waals surface area contributed by atoms with Gasteiger partial charge in [0.2, 0.25) is 0 Å². The Morgan fingerprint density at radius 2 is 1.18 bits per heavy atom. The SMILES string of the molecule is C=C(C)C(=O)OCC1COC1.C=C(C)C(=O)OCC1COC1. The molecule has 0 aromatic rings. The summed E-state index contributed by atoms with van der Waals surface area (Å²) in [5, 5.41) is 0. The van der Waals surface area contributed by atoms with Crippen LogP contribution in [0.2, 0.25) is 0 Å². The van der Waals surface area contributed by atoms with E-state index < -0.39 is 0 Å². The molecule has 124 valence electrons. The van der Waals surface area contributed by atoms with Gasteiger partial charge in [0.05, 0.1) is 39.6 Å². The van der Waals surface area contributed by atoms with Gasteiger partial charge in [-0.05, 0) is 13.8 Å². The molecule has 0 bridgehead atoms. The average molecular weight is 312 g/mol. The van der Waals surface area contributed by atoms with E-state index in [0.717, 1.165) is 0 Å². The van der Waals surface area contributed by atoms with Gasteiger partial charge in [-0.3, -0.25) is 0 Å². The average Bonchev–Trinajstić information content (AvgIpc) is 2.35. The van der Waals surface area contributed by atoms with E-state index in [9.17, 15) is 9.59 Å². The molecule has 0 spiro atoms. The predicted molar refractivity (Wildman–Crippen MR) is 80.2 cm³/mol. The topological polar surface area (TPSA) is 71.1 Å². The zero-order valence-electron chi connectivity index (χ0n) is 13.3. The summed E-state index contributed by atoms with van der Waals surface area (Å²) < 4.78 is 19.6. The number of carbonyl (C=O) groups is 2. The van der Waals surface area contributed by atoms with E-state index >= 15 is 0 Å². The van der Waals surface area contributed by atoms with Crippen molar-refractivity contribution >= 4 is 11.9 Å². The fourth-order valence-corrected chi connectivity index (χ4v) is 1.39. The van der Waals surface area contributed by atoms with Crippen molar-refractivity contribution < 1.29 is 28.5 Å². The van der Waals surface area contributed by atoms with Crippen LogP contribution in [-0.4, -0.2) is 51.6 Å². The number of rotatable bonds is 6. The van der Waals surface area contributed by atoms with Crippen LogP contribution in [0, 0.1) is 11.8 Å². The molecule has 2 saturated heterocycles. The van der Waals surface area contributed by atoms with Gasteiger partial charge < -0.3 is 18.9 Å². The molecule has 0 radical (unpaired) electrons. The van der Waals surface area contributed by atoms with Gasteiger partial charge >= 0.3 is 11.9 Å². The largest absolute Gasteiger partial charge is 0.462 e. The number of ether oxygens (including phenoxy) is 4. The highest BCUT2D eigenvalue weighted by atomic mass is 16.6. The molecule has 0 aromatic heterocycles. The quantitative estimate of drug-likeness (QED) is 0.547. The van der Waals surface area contributed by atoms with E-state index in [1.165, 1.54) is 0 Å². The standard InChI is InChI=1S/2C8H12O3/c2*1-6(2)8(9)11-5-7-3-10-4-7/h2*7H,1,3-5H2,2H3. The lowest BCUT2D eigenvalue weighted by Gasteiger charge is -2.25. The van der Waals surface area contributed by atoms with Crippen LogP contribution < -0.4 is 0 Å². The Balaban J connectivity index is 0.000000220. The van der Waals surface area contributed by atoms with Gasteiger partial charge in [-0.15, -0.1) is 0 Å². The molecular weight excluding hydrogens is 288 g/mol. The summed E-state index contributed by atoms with van der Waals surface area (Å²) in [7, 11) is 0. The highest BCUT2D eigenvalue weighted by molar-refractivity contribution is 5.87. The Hall–Kier alpha value is -1.66. The van der Waals surface area contributed by atoms with E-state index in [0.29, 0.717) is 62.6 Å². The van der Waals surface area contributed by atoms with Gasteiger partial charge in [0.1, 0.15) is 0 Å². The first-order chi connectivity index (χ1) is 10.4. The van der Waals surface area contributed by atoms with Gasteiger partial charge in [0.25, 0.3) is 0 Å². The van der Waals surface area contributed by atoms with Crippen molar-refractivity contribution in [1.29, 1.82) is 0 Å². The molecule has 0 aliphatic carbocycles. The molecule has 2 rings (SSSR count). The minimum atomic E-state index is -0.308. The maximum Gasteiger partial charge on any atom is 0.333 e. The highest BCUT2D eigenvalue weighted by Crippen LogP contribution is 2.11. The van der Waals surface area contributed by atoms with Crippen LogP contribution in [0.4, 0.5) is 0 Å². The summed E-state index contributed by atoms with van der Waals surface area (Å²) in [6.07, 6.45) is 0. The lowest BCUT2D eigenvalue weighted by atomic mass is 10.1. The van der Waals surface area contributed by atoms with Crippen LogP contribution in [0.15, 0.2) is 24.3 Å². The Morgan fingerprint density at radius 1 is 0.864 bits per heavy atom. The van der Waals surface area contributed by atoms with Crippen LogP contribution in [0.1, 0.15) is 13.8 Å². The maximum atomic E-state index is 10.8. The Morgan fingerprint density at radius 3 is 1.36 bits per heavy atom. The van der Waals surface area contributed by atoms with Crippen molar-refractivity contribution in [2.45, 2.75) is 13.8 Å². The Labute approximate surface area is 131 Å². The zero-order chi connectivity index (χ0) is 16.5. The van der Waals surface area contributed by atoms with Crippen LogP contribution in [0.5, 0.6) is 0 Å². The highest BCUT2D eigenvalue weighted by Gasteiger charge is 2.20. The second-order valence-corrected chi connectivity index (χ2v) is 5.56. The van der Waals surface area contributed by atoms with Crippen LogP contribution in [0.3, 0.4) is 0 Å². The molecule has 0 unspecified atom stereocenters. The predicted octanol–water partition coefficient (Wildman–Crippen LogP) is 1.50. The van der Waals surface area contributed by atoms with Gasteiger partial charge in [0, 0.05) is 23.0 Å². The van der Waals surface area contributed by atoms with Crippen LogP contribution in [0.25, 0.3) is 0 Å². The molecule has 0 N–H and O–H groups in total. The molecule has 2 fully saturated rings. The molecule has 2 aliphatic rings. The first-order valence-corrected chi connectivity index (χ1v) is 7.21. The summed E-state index contributed by atoms with van der Waals surface area (Å²) in [6, 6.07) is 0. The van der Waals surface area contributed by atoms with Crippen LogP contribution in [-0.2, 0) is 28.5 Å². The first kappa shape index (κ1) is 18.4. The maximum absolute atomic E-state index is 10.8. The summed E-state index contributed by atoms with van der Waals surface area (Å²) in [5.74, 6) is 0.186. The molecule has 22 heavy (non-hydrogen) atoms. The molecule has 0 amide bonds. The van der Waals surface area contributed by atoms with Gasteiger partial charge in [-0.1, -0.05) is 13.2 Å². The van der Waals surface area contributed by atoms with Crippen LogP contribution >= 0.6 is 0 Å². The van der Waals surface area contributed by atoms with E-state index in [1.54, 1.807) is 13.8 Å². The van der Waals surface area contributed by atoms with Crippen molar-refractivity contribution in [3.63, 3.8) is 0 Å². The number of carbonyl (C=O) groups excluding carboxylic acids is 2. The smallest absolute Gasteiger partial charge is 0.333 e. The Bertz CT molecular complexity index is 380. The number of hydrogen-bond acceptors (Lipinski definition) is 6. The number of esters is 2. The lowest BCUT2D eigenvalue weighted by Crippen LogP contribution is -2.32. The summed E-state index contributed by atoms with van der Waals surface area (Å²) in [6.45, 7) is 14.0. The first-order valence-electron chi connectivity index (χ1n) is 7.21. The third-order valence-corrected chi connectivity index (χ3v) is 3.01. The minimum Gasteiger partial charge on any atom is -0.462 e. The second-order valence-electron chi connectivity index (χ2n) is 5.56. The fraction of sp³-hybridized carbons (Fsp3) is 0.625. The molecule has 6 nitrogen and oxygen atoms in total. The number of hydrogen-bond donors (Lipinski definition) is 0. The van der Waals surface area contributed by atoms with Crippen molar-refractivity contribution in [2.24, 2.45) is 11.8 Å². The zero-order valence-corrected chi connectivity index (χ0v) is 13.3. The monoisotopic (exact) mass is 312 g/mol. The van der Waals surface area contributed by atoms with Crippen molar-refractivity contribution in [3.8, 4) is 0 Å². The molecule has 0 atom stereocenters. The second kappa shape index (κ2) is 9.38. The van der Waals surface area contributed by atoms with Gasteiger partial charge in [-0.25, -0.2) is 9.59 Å². The molecule has 6 heteroatoms. The summed E-state index contributed by atoms with van der Waals surface area (Å²) in [4.78, 5) is 21.6. The molecule has 0 saturated carbocycles. The van der Waals surface area contributed by atoms with E-state index in [2.05, 4.69) is 13.2 Å². The van der Waals surface area contributed by atoms with Crippen molar-refractivity contribution in [2.75, 3.05) is 39.6 Å². The fourth-order valence-electron chi connectivity index (χ4n) is 1.39. The lowest BCUT2D eigenvalue weighted by molar-refractivity contribution is -0.146. The molecule has 2 aliphatic heterocycles. The van der Waals surface area contributed by atoms with Crippen molar-refractivity contribution in [1.82, 2.24) is 0 Å². The third kappa shape index (κ3) is 6.87. The molecular formula is C16H24O6. The molecule has 0 aromatic carbocycles. The Kier molecular flexibility index (Phi) is 7.84.